The Morgan fingerprint density at radius 1 is 1.26 bits per heavy atom. The van der Waals surface area contributed by atoms with Gasteiger partial charge in [-0.15, -0.1) is 5.10 Å². The zero-order valence-electron chi connectivity index (χ0n) is 12.0. The highest BCUT2D eigenvalue weighted by Crippen LogP contribution is 2.37. The van der Waals surface area contributed by atoms with E-state index in [1.165, 1.54) is 4.68 Å². The van der Waals surface area contributed by atoms with Crippen molar-refractivity contribution in [3.63, 3.8) is 0 Å². The predicted molar refractivity (Wildman–Crippen MR) is 75.3 cm³/mol. The molecule has 11 heteroatoms. The van der Waals surface area contributed by atoms with E-state index < -0.39 is 36.7 Å². The molecule has 1 saturated carbocycles. The number of nitrogens with zero attached hydrogens (tertiary/aromatic N) is 5. The number of ether oxygens (including phenoxy) is 1. The minimum atomic E-state index is -1.41. The van der Waals surface area contributed by atoms with Crippen LogP contribution in [0.3, 0.4) is 0 Å². The van der Waals surface area contributed by atoms with Crippen LogP contribution in [-0.4, -0.2) is 65.0 Å². The van der Waals surface area contributed by atoms with Crippen LogP contribution in [0, 0.1) is 0 Å². The molecule has 0 radical (unpaired) electrons. The summed E-state index contributed by atoms with van der Waals surface area (Å²) in [5.74, 6) is 0.116. The van der Waals surface area contributed by atoms with E-state index in [2.05, 4.69) is 15.4 Å². The van der Waals surface area contributed by atoms with Crippen molar-refractivity contribution in [1.29, 1.82) is 0 Å². The lowest BCUT2D eigenvalue weighted by Crippen LogP contribution is -2.37. The maximum Gasteiger partial charge on any atom is 0.298 e. The number of aromatic nitrogens is 5. The minimum absolute atomic E-state index is 0.102. The lowest BCUT2D eigenvalue weighted by Gasteiger charge is -2.15. The fourth-order valence-electron chi connectivity index (χ4n) is 2.81. The summed E-state index contributed by atoms with van der Waals surface area (Å²) >= 11 is 0. The average Bonchev–Trinajstić information content (AvgIpc) is 3.27. The standard InChI is InChI=1S/C12H16N6O5/c13-10-6-7(17(15-10)4-1-2-4)11(22)18(16-14-6)12-9(21)8(20)5(3-19)23-12/h4-5,8-9,12,19-21H,1-3H2,(H2,13,15). The van der Waals surface area contributed by atoms with E-state index in [4.69, 9.17) is 15.6 Å². The van der Waals surface area contributed by atoms with Gasteiger partial charge in [-0.3, -0.25) is 9.48 Å². The van der Waals surface area contributed by atoms with Gasteiger partial charge in [0.15, 0.2) is 23.1 Å². The van der Waals surface area contributed by atoms with Gasteiger partial charge in [0.2, 0.25) is 0 Å². The quantitative estimate of drug-likeness (QED) is 0.478. The number of aliphatic hydroxyl groups is 3. The predicted octanol–water partition coefficient (Wildman–Crippen LogP) is -2.48. The molecule has 1 saturated heterocycles. The highest BCUT2D eigenvalue weighted by molar-refractivity contribution is 5.83. The van der Waals surface area contributed by atoms with Crippen LogP contribution in [0.15, 0.2) is 4.79 Å². The Balaban J connectivity index is 1.84. The number of nitrogen functional groups attached to an aromatic ring is 1. The third-order valence-corrected chi connectivity index (χ3v) is 4.21. The number of nitrogens with two attached hydrogens (primary N) is 1. The van der Waals surface area contributed by atoms with Gasteiger partial charge in [-0.25, -0.2) is 0 Å². The highest BCUT2D eigenvalue weighted by atomic mass is 16.6. The second-order valence-electron chi connectivity index (χ2n) is 5.83. The van der Waals surface area contributed by atoms with Gasteiger partial charge in [-0.2, -0.15) is 9.78 Å². The summed E-state index contributed by atoms with van der Waals surface area (Å²) in [6, 6.07) is 0.102. The number of hydrogen-bond donors (Lipinski definition) is 4. The third kappa shape index (κ3) is 2.05. The zero-order chi connectivity index (χ0) is 16.3. The molecule has 5 N–H and O–H groups in total. The molecule has 4 unspecified atom stereocenters. The Hall–Kier alpha value is -2.08. The summed E-state index contributed by atoms with van der Waals surface area (Å²) in [7, 11) is 0. The Kier molecular flexibility index (Phi) is 3.13. The van der Waals surface area contributed by atoms with Gasteiger partial charge < -0.3 is 25.8 Å². The molecule has 0 spiro atoms. The van der Waals surface area contributed by atoms with Crippen molar-refractivity contribution < 1.29 is 20.1 Å². The molecule has 23 heavy (non-hydrogen) atoms. The molecule has 11 nitrogen and oxygen atoms in total. The van der Waals surface area contributed by atoms with E-state index in [9.17, 15) is 15.0 Å². The Morgan fingerprint density at radius 2 is 2.00 bits per heavy atom. The smallest absolute Gasteiger partial charge is 0.298 e. The Bertz CT molecular complexity index is 814. The first kappa shape index (κ1) is 14.5. The summed E-state index contributed by atoms with van der Waals surface area (Å²) in [6.45, 7) is -0.494. The SMILES string of the molecule is Nc1nn(C2CC2)c2c(=O)n(C3OC(CO)C(O)C3O)nnc12. The first-order valence-electron chi connectivity index (χ1n) is 7.28. The van der Waals surface area contributed by atoms with Crippen molar-refractivity contribution in [3.05, 3.63) is 10.4 Å². The van der Waals surface area contributed by atoms with Crippen molar-refractivity contribution in [2.45, 2.75) is 43.4 Å². The van der Waals surface area contributed by atoms with Crippen LogP contribution in [0.1, 0.15) is 25.1 Å². The third-order valence-electron chi connectivity index (χ3n) is 4.21. The second kappa shape index (κ2) is 4.96. The number of fused-ring (bicyclic) bond motifs is 1. The van der Waals surface area contributed by atoms with Gasteiger partial charge in [-0.05, 0) is 12.8 Å². The van der Waals surface area contributed by atoms with E-state index in [1.807, 2.05) is 0 Å². The van der Waals surface area contributed by atoms with Crippen molar-refractivity contribution in [1.82, 2.24) is 24.8 Å². The molecule has 0 bridgehead atoms. The maximum absolute atomic E-state index is 12.7. The Labute approximate surface area is 128 Å². The summed E-state index contributed by atoms with van der Waals surface area (Å²) in [5, 5.41) is 40.8. The lowest BCUT2D eigenvalue weighted by atomic mass is 10.1. The molecule has 0 amide bonds. The summed E-state index contributed by atoms with van der Waals surface area (Å²) < 4.78 is 7.70. The number of hydrogen-bond acceptors (Lipinski definition) is 9. The van der Waals surface area contributed by atoms with Crippen molar-refractivity contribution in [2.24, 2.45) is 0 Å². The van der Waals surface area contributed by atoms with Crippen LogP contribution >= 0.6 is 0 Å². The van der Waals surface area contributed by atoms with Crippen LogP contribution in [0.5, 0.6) is 0 Å². The molecule has 4 atom stereocenters. The average molecular weight is 324 g/mol. The van der Waals surface area contributed by atoms with E-state index in [0.29, 0.717) is 0 Å². The molecule has 124 valence electrons. The monoisotopic (exact) mass is 324 g/mol. The molecule has 0 aromatic carbocycles. The topological polar surface area (TPSA) is 162 Å². The van der Waals surface area contributed by atoms with Crippen LogP contribution in [0.25, 0.3) is 11.0 Å². The minimum Gasteiger partial charge on any atom is -0.394 e. The van der Waals surface area contributed by atoms with E-state index in [-0.39, 0.29) is 22.9 Å². The second-order valence-corrected chi connectivity index (χ2v) is 5.83. The molecule has 3 heterocycles. The van der Waals surface area contributed by atoms with Crippen LogP contribution < -0.4 is 11.3 Å². The van der Waals surface area contributed by atoms with Crippen LogP contribution in [0.4, 0.5) is 5.82 Å². The molecular weight excluding hydrogens is 308 g/mol. The largest absolute Gasteiger partial charge is 0.394 e. The molecule has 4 rings (SSSR count). The van der Waals surface area contributed by atoms with Crippen molar-refractivity contribution >= 4 is 16.9 Å². The lowest BCUT2D eigenvalue weighted by molar-refractivity contribution is -0.0619. The fraction of sp³-hybridized carbons (Fsp3) is 0.667. The number of rotatable bonds is 3. The van der Waals surface area contributed by atoms with E-state index >= 15 is 0 Å². The van der Waals surface area contributed by atoms with Crippen LogP contribution in [0.2, 0.25) is 0 Å². The fourth-order valence-corrected chi connectivity index (χ4v) is 2.81. The van der Waals surface area contributed by atoms with Gasteiger partial charge in [-0.1, -0.05) is 5.21 Å². The normalized spacial score (nSPS) is 31.1. The van der Waals surface area contributed by atoms with Gasteiger partial charge >= 0.3 is 0 Å². The van der Waals surface area contributed by atoms with E-state index in [1.54, 1.807) is 0 Å². The summed E-state index contributed by atoms with van der Waals surface area (Å²) in [5.41, 5.74) is 5.59. The summed E-state index contributed by atoms with van der Waals surface area (Å²) in [4.78, 5) is 12.7. The van der Waals surface area contributed by atoms with Crippen molar-refractivity contribution in [2.75, 3.05) is 12.3 Å². The van der Waals surface area contributed by atoms with Gasteiger partial charge in [0, 0.05) is 0 Å². The number of anilines is 1. The maximum atomic E-state index is 12.7. The summed E-state index contributed by atoms with van der Waals surface area (Å²) in [6.07, 6.45) is -3.19. The van der Waals surface area contributed by atoms with Crippen molar-refractivity contribution in [3.8, 4) is 0 Å². The molecule has 2 fully saturated rings. The first-order chi connectivity index (χ1) is 11.0. The van der Waals surface area contributed by atoms with Gasteiger partial charge in [0.25, 0.3) is 5.56 Å². The molecule has 2 aliphatic rings. The molecule has 2 aromatic heterocycles. The Morgan fingerprint density at radius 3 is 2.61 bits per heavy atom. The van der Waals surface area contributed by atoms with E-state index in [0.717, 1.165) is 17.5 Å². The molecule has 1 aliphatic carbocycles. The van der Waals surface area contributed by atoms with Crippen LogP contribution in [-0.2, 0) is 4.74 Å². The first-order valence-corrected chi connectivity index (χ1v) is 7.28. The molecular formula is C12H16N6O5. The van der Waals surface area contributed by atoms with Gasteiger partial charge in [0.1, 0.15) is 18.3 Å². The molecule has 2 aromatic rings. The molecule has 1 aliphatic heterocycles. The zero-order valence-corrected chi connectivity index (χ0v) is 12.0. The van der Waals surface area contributed by atoms with Gasteiger partial charge in [0.05, 0.1) is 12.6 Å². The number of aliphatic hydroxyl groups excluding tert-OH is 3. The highest BCUT2D eigenvalue weighted by Gasteiger charge is 2.45.